The van der Waals surface area contributed by atoms with Crippen molar-refractivity contribution in [3.8, 4) is 0 Å². The molecule has 3 aliphatic rings. The van der Waals surface area contributed by atoms with E-state index >= 15 is 0 Å². The molecule has 0 unspecified atom stereocenters. The number of piperidine rings is 1. The van der Waals surface area contributed by atoms with E-state index in [1.54, 1.807) is 17.6 Å². The molecule has 3 atom stereocenters. The van der Waals surface area contributed by atoms with Gasteiger partial charge in [0.1, 0.15) is 6.04 Å². The molecule has 2 bridgehead atoms. The summed E-state index contributed by atoms with van der Waals surface area (Å²) in [6, 6.07) is 4.67. The Balaban J connectivity index is 1.63. The van der Waals surface area contributed by atoms with Crippen LogP contribution in [0, 0.1) is 5.92 Å². The minimum Gasteiger partial charge on any atom is -0.352 e. The first-order valence-corrected chi connectivity index (χ1v) is 10.7. The first-order valence-electron chi connectivity index (χ1n) is 10.7. The van der Waals surface area contributed by atoms with Crippen molar-refractivity contribution in [2.75, 3.05) is 33.7 Å². The summed E-state index contributed by atoms with van der Waals surface area (Å²) < 4.78 is 1.70. The highest BCUT2D eigenvalue weighted by molar-refractivity contribution is 5.81. The van der Waals surface area contributed by atoms with Crippen LogP contribution in [0.5, 0.6) is 0 Å². The maximum atomic E-state index is 13.4. The molecule has 1 saturated carbocycles. The van der Waals surface area contributed by atoms with Gasteiger partial charge >= 0.3 is 0 Å². The second-order valence-electron chi connectivity index (χ2n) is 9.26. The van der Waals surface area contributed by atoms with Gasteiger partial charge in [-0.25, -0.2) is 0 Å². The predicted octanol–water partition coefficient (Wildman–Crippen LogP) is 1.35. The van der Waals surface area contributed by atoms with Gasteiger partial charge in [-0.05, 0) is 39.4 Å². The second-order valence-corrected chi connectivity index (χ2v) is 9.26. The van der Waals surface area contributed by atoms with Crippen LogP contribution >= 0.6 is 0 Å². The van der Waals surface area contributed by atoms with Crippen molar-refractivity contribution in [3.05, 3.63) is 34.2 Å². The molecular formula is C22H32N4O3. The number of fused-ring (bicyclic) bond motifs is 4. The van der Waals surface area contributed by atoms with E-state index in [-0.39, 0.29) is 34.7 Å². The highest BCUT2D eigenvalue weighted by Crippen LogP contribution is 2.41. The Morgan fingerprint density at radius 2 is 1.93 bits per heavy atom. The van der Waals surface area contributed by atoms with E-state index in [9.17, 15) is 14.4 Å². The number of nitrogens with zero attached hydrogens (tertiary/aromatic N) is 3. The van der Waals surface area contributed by atoms with E-state index in [0.29, 0.717) is 19.6 Å². The lowest BCUT2D eigenvalue weighted by molar-refractivity contribution is -0.135. The lowest BCUT2D eigenvalue weighted by atomic mass is 9.78. The summed E-state index contributed by atoms with van der Waals surface area (Å²) in [6.45, 7) is 3.32. The summed E-state index contributed by atoms with van der Waals surface area (Å²) in [5.41, 5.74) is 0.745. The molecule has 2 amide bonds. The molecule has 1 aliphatic carbocycles. The van der Waals surface area contributed by atoms with Crippen LogP contribution < -0.4 is 10.9 Å². The first-order chi connectivity index (χ1) is 13.8. The summed E-state index contributed by atoms with van der Waals surface area (Å²) >= 11 is 0. The fourth-order valence-corrected chi connectivity index (χ4v) is 5.70. The van der Waals surface area contributed by atoms with Crippen LogP contribution in [0.1, 0.15) is 56.7 Å². The Hall–Kier alpha value is -2.15. The van der Waals surface area contributed by atoms with E-state index < -0.39 is 6.04 Å². The summed E-state index contributed by atoms with van der Waals surface area (Å²) in [4.78, 5) is 42.3. The van der Waals surface area contributed by atoms with Gasteiger partial charge in [-0.15, -0.1) is 0 Å². The molecule has 1 aromatic heterocycles. The van der Waals surface area contributed by atoms with Crippen molar-refractivity contribution >= 4 is 11.8 Å². The molecule has 1 aromatic rings. The number of hydrogen-bond acceptors (Lipinski definition) is 4. The Morgan fingerprint density at radius 1 is 1.21 bits per heavy atom. The van der Waals surface area contributed by atoms with Gasteiger partial charge in [0.25, 0.3) is 5.56 Å². The predicted molar refractivity (Wildman–Crippen MR) is 111 cm³/mol. The number of likely N-dealkylation sites (tertiary alicyclic amines) is 1. The molecule has 2 fully saturated rings. The fraction of sp³-hybridized carbons (Fsp3) is 0.682. The number of nitrogens with one attached hydrogen (secondary N) is 1. The van der Waals surface area contributed by atoms with Crippen LogP contribution in [0.2, 0.25) is 0 Å². The van der Waals surface area contributed by atoms with Gasteiger partial charge in [0, 0.05) is 55.7 Å². The van der Waals surface area contributed by atoms with Crippen molar-refractivity contribution in [2.24, 2.45) is 5.92 Å². The molecule has 158 valence electrons. The SMILES string of the molecule is CC(=O)N1C[C@H]2C[C@@H](C1)[C@H](C(=O)NCC1(N(C)C)CCCC1)n1c2cccc1=O. The molecule has 1 saturated heterocycles. The van der Waals surface area contributed by atoms with Crippen LogP contribution in [0.4, 0.5) is 0 Å². The number of carbonyl (C=O) groups is 2. The molecule has 2 aliphatic heterocycles. The molecule has 4 rings (SSSR count). The average Bonchev–Trinajstić information content (AvgIpc) is 3.17. The summed E-state index contributed by atoms with van der Waals surface area (Å²) in [5.74, 6) is 0.00677. The fourth-order valence-electron chi connectivity index (χ4n) is 5.70. The largest absolute Gasteiger partial charge is 0.352 e. The van der Waals surface area contributed by atoms with Crippen molar-refractivity contribution in [1.29, 1.82) is 0 Å². The van der Waals surface area contributed by atoms with Crippen molar-refractivity contribution in [1.82, 2.24) is 19.7 Å². The smallest absolute Gasteiger partial charge is 0.251 e. The topological polar surface area (TPSA) is 74.7 Å². The summed E-state index contributed by atoms with van der Waals surface area (Å²) in [5, 5.41) is 3.19. The highest BCUT2D eigenvalue weighted by atomic mass is 16.2. The molecule has 29 heavy (non-hydrogen) atoms. The van der Waals surface area contributed by atoms with E-state index in [1.807, 2.05) is 11.0 Å². The molecule has 3 heterocycles. The van der Waals surface area contributed by atoms with Gasteiger partial charge in [-0.1, -0.05) is 18.9 Å². The quantitative estimate of drug-likeness (QED) is 0.828. The number of aromatic nitrogens is 1. The van der Waals surface area contributed by atoms with Gasteiger partial charge in [0.15, 0.2) is 0 Å². The van der Waals surface area contributed by atoms with Crippen LogP contribution in [0.15, 0.2) is 23.0 Å². The number of rotatable bonds is 4. The Morgan fingerprint density at radius 3 is 2.59 bits per heavy atom. The first kappa shape index (κ1) is 20.1. The minimum atomic E-state index is -0.558. The normalized spacial score (nSPS) is 27.6. The molecule has 1 N–H and O–H groups in total. The van der Waals surface area contributed by atoms with E-state index in [2.05, 4.69) is 24.3 Å². The lowest BCUT2D eigenvalue weighted by Gasteiger charge is -2.46. The third-order valence-corrected chi connectivity index (χ3v) is 7.44. The average molecular weight is 401 g/mol. The van der Waals surface area contributed by atoms with Crippen molar-refractivity contribution < 1.29 is 9.59 Å². The van der Waals surface area contributed by atoms with E-state index in [1.165, 1.54) is 18.9 Å². The summed E-state index contributed by atoms with van der Waals surface area (Å²) in [6.07, 6.45) is 5.34. The van der Waals surface area contributed by atoms with Gasteiger partial charge in [-0.2, -0.15) is 0 Å². The maximum Gasteiger partial charge on any atom is 0.251 e. The standard InChI is InChI=1S/C22H32N4O3/c1-15(27)25-12-16-11-17(13-25)20(26-18(16)7-6-8-19(26)28)21(29)23-14-22(24(2)3)9-4-5-10-22/h6-8,16-17,20H,4-5,9-14H2,1-3H3,(H,23,29)/t16-,17+,20-/m1/s1. The lowest BCUT2D eigenvalue weighted by Crippen LogP contribution is -2.56. The third-order valence-electron chi connectivity index (χ3n) is 7.44. The number of pyridine rings is 1. The Bertz CT molecular complexity index is 856. The third kappa shape index (κ3) is 3.50. The van der Waals surface area contributed by atoms with E-state index in [0.717, 1.165) is 25.0 Å². The van der Waals surface area contributed by atoms with Crippen LogP contribution in [-0.2, 0) is 9.59 Å². The van der Waals surface area contributed by atoms with Gasteiger partial charge < -0.3 is 15.1 Å². The van der Waals surface area contributed by atoms with Gasteiger partial charge in [0.2, 0.25) is 11.8 Å². The number of amides is 2. The van der Waals surface area contributed by atoms with Crippen molar-refractivity contribution in [2.45, 2.75) is 56.5 Å². The highest BCUT2D eigenvalue weighted by Gasteiger charge is 2.45. The molecular weight excluding hydrogens is 368 g/mol. The zero-order valence-corrected chi connectivity index (χ0v) is 17.7. The molecule has 7 nitrogen and oxygen atoms in total. The zero-order chi connectivity index (χ0) is 20.8. The maximum absolute atomic E-state index is 13.4. The molecule has 0 radical (unpaired) electrons. The number of hydrogen-bond donors (Lipinski definition) is 1. The zero-order valence-electron chi connectivity index (χ0n) is 17.7. The van der Waals surface area contributed by atoms with Crippen LogP contribution in [0.25, 0.3) is 0 Å². The van der Waals surface area contributed by atoms with Crippen LogP contribution in [-0.4, -0.2) is 65.4 Å². The Kier molecular flexibility index (Phi) is 5.27. The Labute approximate surface area is 172 Å². The molecule has 0 aromatic carbocycles. The van der Waals surface area contributed by atoms with Crippen LogP contribution in [0.3, 0.4) is 0 Å². The van der Waals surface area contributed by atoms with Gasteiger partial charge in [0.05, 0.1) is 0 Å². The van der Waals surface area contributed by atoms with E-state index in [4.69, 9.17) is 0 Å². The van der Waals surface area contributed by atoms with Crippen molar-refractivity contribution in [3.63, 3.8) is 0 Å². The monoisotopic (exact) mass is 400 g/mol. The molecule has 7 heteroatoms. The van der Waals surface area contributed by atoms with Gasteiger partial charge in [-0.3, -0.25) is 19.0 Å². The number of likely N-dealkylation sites (N-methyl/N-ethyl adjacent to an activating group) is 1. The summed E-state index contributed by atoms with van der Waals surface area (Å²) in [7, 11) is 4.16. The number of carbonyl (C=O) groups excluding carboxylic acids is 2. The second kappa shape index (κ2) is 7.59. The minimum absolute atomic E-state index is 0.00464. The molecule has 0 spiro atoms.